The molecule has 5 nitrogen and oxygen atoms in total. The molecule has 5 heteroatoms. The monoisotopic (exact) mass is 437 g/mol. The molecule has 2 unspecified atom stereocenters. The van der Waals surface area contributed by atoms with Gasteiger partial charge in [0.25, 0.3) is 5.91 Å². The Morgan fingerprint density at radius 3 is 2.45 bits per heavy atom. The van der Waals surface area contributed by atoms with E-state index >= 15 is 0 Å². The fraction of sp³-hybridized carbons (Fsp3) is 0.321. The maximum Gasteiger partial charge on any atom is 0.252 e. The van der Waals surface area contributed by atoms with E-state index in [0.29, 0.717) is 13.0 Å². The quantitative estimate of drug-likeness (QED) is 0.545. The van der Waals surface area contributed by atoms with Gasteiger partial charge in [0.1, 0.15) is 11.2 Å². The largest absolute Gasteiger partial charge is 0.393 e. The van der Waals surface area contributed by atoms with Crippen molar-refractivity contribution in [2.45, 2.75) is 49.0 Å². The lowest BCUT2D eigenvalue weighted by atomic mass is 9.66. The number of carbonyl (C=O) groups excluding carboxylic acids is 1. The van der Waals surface area contributed by atoms with Crippen molar-refractivity contribution in [1.29, 1.82) is 0 Å². The molecule has 0 radical (unpaired) electrons. The second-order valence-electron chi connectivity index (χ2n) is 10.4. The minimum absolute atomic E-state index is 0.0103. The van der Waals surface area contributed by atoms with Gasteiger partial charge in [0.2, 0.25) is 0 Å². The minimum atomic E-state index is -1.36. The topological polar surface area (TPSA) is 78.8 Å². The van der Waals surface area contributed by atoms with Crippen LogP contribution in [0.5, 0.6) is 0 Å². The molecule has 8 rings (SSSR count). The number of rotatable bonds is 1. The number of carbonyl (C=O) groups is 1. The lowest BCUT2D eigenvalue weighted by Crippen LogP contribution is -2.55. The van der Waals surface area contributed by atoms with Gasteiger partial charge in [0.05, 0.1) is 18.3 Å². The summed E-state index contributed by atoms with van der Waals surface area (Å²) in [6.07, 6.45) is 0.0775. The first kappa shape index (κ1) is 18.4. The van der Waals surface area contributed by atoms with Crippen LogP contribution in [0.15, 0.2) is 48.5 Å². The van der Waals surface area contributed by atoms with Crippen molar-refractivity contribution in [3.63, 3.8) is 0 Å². The maximum absolute atomic E-state index is 13.2. The maximum atomic E-state index is 13.2. The van der Waals surface area contributed by atoms with Crippen LogP contribution in [-0.4, -0.2) is 40.0 Å². The average Bonchev–Trinajstić information content (AvgIpc) is 3.51. The number of amides is 1. The van der Waals surface area contributed by atoms with Gasteiger partial charge in [-0.05, 0) is 57.0 Å². The number of fused-ring (bicyclic) bond motifs is 13. The average molecular weight is 437 g/mol. The fourth-order valence-corrected chi connectivity index (χ4v) is 7.72. The molecule has 3 heterocycles. The van der Waals surface area contributed by atoms with Gasteiger partial charge in [-0.3, -0.25) is 4.79 Å². The van der Waals surface area contributed by atoms with Gasteiger partial charge in [0.15, 0.2) is 0 Å². The van der Waals surface area contributed by atoms with Gasteiger partial charge in [-0.25, -0.2) is 0 Å². The molecule has 5 atom stereocenters. The fourth-order valence-electron chi connectivity index (χ4n) is 7.72. The standard InChI is InChI=1S/C28H23NO4/c1-27-25-16-9-5-4-8-15(16)19-17-11-29-26(31)22(17)21-14-7-3-2-6-13(14)20(23(21)24(19)25)18(33-27)10-28(27,32)12-30/h2-9,18,20,25,30,32H,10-12H2,1H3,(H,29,31)/t18-,20?,25?,27-,28+/m1/s1. The zero-order chi connectivity index (χ0) is 22.3. The van der Waals surface area contributed by atoms with E-state index in [4.69, 9.17) is 4.74 Å². The lowest BCUT2D eigenvalue weighted by molar-refractivity contribution is -0.145. The smallest absolute Gasteiger partial charge is 0.252 e. The second-order valence-corrected chi connectivity index (χ2v) is 10.4. The summed E-state index contributed by atoms with van der Waals surface area (Å²) in [7, 11) is 0. The molecule has 1 saturated heterocycles. The van der Waals surface area contributed by atoms with Crippen molar-refractivity contribution in [2.75, 3.05) is 6.61 Å². The third-order valence-electron chi connectivity index (χ3n) is 9.08. The Kier molecular flexibility index (Phi) is 3.10. The van der Waals surface area contributed by atoms with Crippen LogP contribution in [0.3, 0.4) is 0 Å². The zero-order valence-electron chi connectivity index (χ0n) is 18.2. The number of nitrogens with one attached hydrogen (secondary N) is 1. The Hall–Kier alpha value is -2.99. The molecule has 3 aliphatic heterocycles. The first-order chi connectivity index (χ1) is 16.0. The number of hydrogen-bond donors (Lipinski definition) is 3. The van der Waals surface area contributed by atoms with E-state index in [9.17, 15) is 15.0 Å². The molecule has 0 saturated carbocycles. The second kappa shape index (κ2) is 5.55. The molecule has 1 fully saturated rings. The Labute approximate surface area is 191 Å². The van der Waals surface area contributed by atoms with Crippen LogP contribution in [0, 0.1) is 0 Å². The highest BCUT2D eigenvalue weighted by molar-refractivity contribution is 6.10. The Morgan fingerprint density at radius 1 is 1.00 bits per heavy atom. The SMILES string of the molecule is C[C@]12O[C@H](C[C@]1(O)CO)C1c3ccccc3-c3c4c(c5c(c31)C2c1ccccc1-5)CNC4=O. The van der Waals surface area contributed by atoms with Crippen molar-refractivity contribution < 1.29 is 19.7 Å². The van der Waals surface area contributed by atoms with Gasteiger partial charge < -0.3 is 20.3 Å². The molecule has 1 amide bonds. The number of aliphatic hydroxyl groups excluding tert-OH is 1. The first-order valence-corrected chi connectivity index (χ1v) is 11.7. The van der Waals surface area contributed by atoms with E-state index in [-0.39, 0.29) is 30.5 Å². The lowest BCUT2D eigenvalue weighted by Gasteiger charge is -2.42. The predicted octanol–water partition coefficient (Wildman–Crippen LogP) is 3.44. The Balaban J connectivity index is 1.60. The summed E-state index contributed by atoms with van der Waals surface area (Å²) in [5.74, 6) is -0.313. The normalized spacial score (nSPS) is 33.3. The molecule has 3 aromatic carbocycles. The van der Waals surface area contributed by atoms with Gasteiger partial charge >= 0.3 is 0 Å². The third kappa shape index (κ3) is 1.81. The van der Waals surface area contributed by atoms with Crippen LogP contribution in [0.2, 0.25) is 0 Å². The molecule has 33 heavy (non-hydrogen) atoms. The number of hydrogen-bond acceptors (Lipinski definition) is 4. The minimum Gasteiger partial charge on any atom is -0.393 e. The van der Waals surface area contributed by atoms with Crippen molar-refractivity contribution in [3.8, 4) is 22.3 Å². The molecule has 3 aromatic rings. The summed E-state index contributed by atoms with van der Waals surface area (Å²) < 4.78 is 6.83. The van der Waals surface area contributed by atoms with Gasteiger partial charge in [0, 0.05) is 24.8 Å². The number of benzene rings is 3. The Morgan fingerprint density at radius 2 is 1.70 bits per heavy atom. The van der Waals surface area contributed by atoms with Gasteiger partial charge in [-0.2, -0.15) is 0 Å². The van der Waals surface area contributed by atoms with Gasteiger partial charge in [-0.15, -0.1) is 0 Å². The zero-order valence-corrected chi connectivity index (χ0v) is 18.2. The molecule has 3 N–H and O–H groups in total. The van der Waals surface area contributed by atoms with Gasteiger partial charge in [-0.1, -0.05) is 48.5 Å². The van der Waals surface area contributed by atoms with Crippen LogP contribution in [0.25, 0.3) is 22.3 Å². The Bertz CT molecular complexity index is 1440. The molecular formula is C28H23NO4. The number of ether oxygens (including phenoxy) is 1. The van der Waals surface area contributed by atoms with E-state index < -0.39 is 11.2 Å². The van der Waals surface area contributed by atoms with E-state index in [1.165, 1.54) is 11.1 Å². The molecule has 0 spiro atoms. The van der Waals surface area contributed by atoms with Crippen LogP contribution < -0.4 is 5.32 Å². The third-order valence-corrected chi connectivity index (χ3v) is 9.08. The molecule has 0 aromatic heterocycles. The van der Waals surface area contributed by atoms with Crippen LogP contribution >= 0.6 is 0 Å². The van der Waals surface area contributed by atoms with E-state index in [1.54, 1.807) is 0 Å². The van der Waals surface area contributed by atoms with E-state index in [1.807, 2.05) is 31.2 Å². The van der Waals surface area contributed by atoms with E-state index in [0.717, 1.165) is 44.5 Å². The summed E-state index contributed by atoms with van der Waals surface area (Å²) in [5.41, 5.74) is 8.50. The predicted molar refractivity (Wildman–Crippen MR) is 122 cm³/mol. The highest BCUT2D eigenvalue weighted by atomic mass is 16.5. The van der Waals surface area contributed by atoms with Crippen LogP contribution in [0.1, 0.15) is 63.4 Å². The summed E-state index contributed by atoms with van der Waals surface area (Å²) >= 11 is 0. The van der Waals surface area contributed by atoms with Crippen molar-refractivity contribution in [1.82, 2.24) is 5.32 Å². The van der Waals surface area contributed by atoms with Crippen LogP contribution in [-0.2, 0) is 11.3 Å². The van der Waals surface area contributed by atoms with Crippen LogP contribution in [0.4, 0.5) is 0 Å². The van der Waals surface area contributed by atoms with Crippen molar-refractivity contribution in [3.05, 3.63) is 81.9 Å². The first-order valence-electron chi connectivity index (χ1n) is 11.7. The summed E-state index contributed by atoms with van der Waals surface area (Å²) in [6, 6.07) is 16.6. The summed E-state index contributed by atoms with van der Waals surface area (Å²) in [4.78, 5) is 13.2. The highest BCUT2D eigenvalue weighted by Crippen LogP contribution is 2.68. The summed E-state index contributed by atoms with van der Waals surface area (Å²) in [6.45, 7) is 2.12. The highest BCUT2D eigenvalue weighted by Gasteiger charge is 2.67. The number of aliphatic hydroxyl groups is 2. The van der Waals surface area contributed by atoms with Crippen molar-refractivity contribution in [2.24, 2.45) is 0 Å². The molecular weight excluding hydrogens is 414 g/mol. The van der Waals surface area contributed by atoms with E-state index in [2.05, 4.69) is 29.6 Å². The summed E-state index contributed by atoms with van der Waals surface area (Å²) in [5, 5.41) is 25.3. The molecule has 2 bridgehead atoms. The molecule has 164 valence electrons. The molecule has 5 aliphatic rings. The molecule has 2 aliphatic carbocycles. The van der Waals surface area contributed by atoms with Crippen molar-refractivity contribution >= 4 is 5.91 Å².